The Balaban J connectivity index is 0.000000121. The Hall–Kier alpha value is -2.28. The maximum atomic E-state index is 3.16. The van der Waals surface area contributed by atoms with Crippen molar-refractivity contribution in [3.63, 3.8) is 0 Å². The molecular weight excluding hydrogens is 242 g/mol. The quantitative estimate of drug-likeness (QED) is 0.583. The van der Waals surface area contributed by atoms with Gasteiger partial charge in [-0.15, -0.1) is 0 Å². The van der Waals surface area contributed by atoms with Crippen molar-refractivity contribution in [2.45, 2.75) is 20.3 Å². The standard InChI is InChI=1S/C10H10.C9H9N/c1-8-5-6-9-3-2-4-10(9)7-8;1-7-2-3-8-4-5-10-9(8)6-7/h2,4-7H,3H2,1H3;2-6,10H,1H3. The van der Waals surface area contributed by atoms with E-state index < -0.39 is 0 Å². The van der Waals surface area contributed by atoms with Gasteiger partial charge in [0.25, 0.3) is 0 Å². The van der Waals surface area contributed by atoms with Crippen LogP contribution in [-0.4, -0.2) is 4.98 Å². The summed E-state index contributed by atoms with van der Waals surface area (Å²) < 4.78 is 0. The molecule has 0 fully saturated rings. The Kier molecular flexibility index (Phi) is 3.42. The summed E-state index contributed by atoms with van der Waals surface area (Å²) in [7, 11) is 0. The van der Waals surface area contributed by atoms with E-state index in [1.54, 1.807) is 0 Å². The first-order valence-corrected chi connectivity index (χ1v) is 7.02. The zero-order valence-electron chi connectivity index (χ0n) is 12.0. The van der Waals surface area contributed by atoms with Gasteiger partial charge in [0.2, 0.25) is 0 Å². The topological polar surface area (TPSA) is 15.8 Å². The highest BCUT2D eigenvalue weighted by Crippen LogP contribution is 2.19. The first-order chi connectivity index (χ1) is 9.72. The Morgan fingerprint density at radius 1 is 0.900 bits per heavy atom. The fourth-order valence-electron chi connectivity index (χ4n) is 2.53. The lowest BCUT2D eigenvalue weighted by atomic mass is 10.1. The summed E-state index contributed by atoms with van der Waals surface area (Å²) in [4.78, 5) is 3.16. The van der Waals surface area contributed by atoms with Crippen LogP contribution in [0.5, 0.6) is 0 Å². The number of hydrogen-bond donors (Lipinski definition) is 1. The van der Waals surface area contributed by atoms with Crippen LogP contribution in [0.4, 0.5) is 0 Å². The smallest absolute Gasteiger partial charge is 0.0456 e. The second-order valence-electron chi connectivity index (χ2n) is 5.38. The molecule has 1 nitrogen and oxygen atoms in total. The molecular formula is C19H19N. The van der Waals surface area contributed by atoms with Crippen LogP contribution in [0, 0.1) is 13.8 Å². The van der Waals surface area contributed by atoms with Gasteiger partial charge in [-0.1, -0.05) is 48.0 Å². The van der Waals surface area contributed by atoms with Gasteiger partial charge >= 0.3 is 0 Å². The molecule has 4 rings (SSSR count). The fraction of sp³-hybridized carbons (Fsp3) is 0.158. The number of hydrogen-bond acceptors (Lipinski definition) is 0. The van der Waals surface area contributed by atoms with E-state index >= 15 is 0 Å². The van der Waals surface area contributed by atoms with Crippen LogP contribution in [0.2, 0.25) is 0 Å². The highest BCUT2D eigenvalue weighted by atomic mass is 14.7. The highest BCUT2D eigenvalue weighted by Gasteiger charge is 2.02. The lowest BCUT2D eigenvalue weighted by Gasteiger charge is -1.97. The van der Waals surface area contributed by atoms with E-state index in [9.17, 15) is 0 Å². The fourth-order valence-corrected chi connectivity index (χ4v) is 2.53. The van der Waals surface area contributed by atoms with Crippen LogP contribution in [-0.2, 0) is 6.42 Å². The first kappa shape index (κ1) is 12.7. The predicted molar refractivity (Wildman–Crippen MR) is 87.0 cm³/mol. The van der Waals surface area contributed by atoms with Gasteiger partial charge < -0.3 is 4.98 Å². The van der Waals surface area contributed by atoms with Crippen molar-refractivity contribution in [2.75, 3.05) is 0 Å². The molecule has 0 saturated heterocycles. The molecule has 1 aromatic heterocycles. The van der Waals surface area contributed by atoms with Crippen LogP contribution in [0.25, 0.3) is 17.0 Å². The number of aromatic amines is 1. The van der Waals surface area contributed by atoms with E-state index in [4.69, 9.17) is 0 Å². The Bertz CT molecular complexity index is 762. The van der Waals surface area contributed by atoms with Crippen LogP contribution in [0.3, 0.4) is 0 Å². The van der Waals surface area contributed by atoms with Crippen LogP contribution < -0.4 is 0 Å². The summed E-state index contributed by atoms with van der Waals surface area (Å²) >= 11 is 0. The molecule has 3 aromatic rings. The Morgan fingerprint density at radius 2 is 1.70 bits per heavy atom. The molecule has 1 N–H and O–H groups in total. The van der Waals surface area contributed by atoms with Gasteiger partial charge in [0, 0.05) is 11.7 Å². The number of allylic oxidation sites excluding steroid dienone is 1. The number of rotatable bonds is 0. The molecule has 20 heavy (non-hydrogen) atoms. The minimum absolute atomic E-state index is 1.12. The minimum atomic E-state index is 1.12. The number of fused-ring (bicyclic) bond motifs is 2. The highest BCUT2D eigenvalue weighted by molar-refractivity contribution is 5.79. The normalized spacial score (nSPS) is 12.1. The van der Waals surface area contributed by atoms with Crippen molar-refractivity contribution in [1.29, 1.82) is 0 Å². The lowest BCUT2D eigenvalue weighted by Crippen LogP contribution is -1.81. The van der Waals surface area contributed by atoms with E-state index in [-0.39, 0.29) is 0 Å². The molecule has 100 valence electrons. The first-order valence-electron chi connectivity index (χ1n) is 7.02. The van der Waals surface area contributed by atoms with Crippen LogP contribution >= 0.6 is 0 Å². The largest absolute Gasteiger partial charge is 0.361 e. The maximum Gasteiger partial charge on any atom is 0.0456 e. The monoisotopic (exact) mass is 261 g/mol. The van der Waals surface area contributed by atoms with Crippen molar-refractivity contribution in [3.8, 4) is 0 Å². The average molecular weight is 261 g/mol. The minimum Gasteiger partial charge on any atom is -0.361 e. The summed E-state index contributed by atoms with van der Waals surface area (Å²) in [6, 6.07) is 15.1. The second kappa shape index (κ2) is 5.38. The molecule has 0 aliphatic heterocycles. The molecule has 0 radical (unpaired) electrons. The third kappa shape index (κ3) is 2.67. The molecule has 1 aliphatic carbocycles. The molecule has 2 aromatic carbocycles. The summed E-state index contributed by atoms with van der Waals surface area (Å²) in [5, 5.41) is 1.28. The lowest BCUT2D eigenvalue weighted by molar-refractivity contribution is 1.29. The van der Waals surface area contributed by atoms with Gasteiger partial charge in [0.05, 0.1) is 0 Å². The van der Waals surface area contributed by atoms with Crippen molar-refractivity contribution in [1.82, 2.24) is 4.98 Å². The number of aryl methyl sites for hydroxylation is 2. The second-order valence-corrected chi connectivity index (χ2v) is 5.38. The van der Waals surface area contributed by atoms with Crippen molar-refractivity contribution >= 4 is 17.0 Å². The van der Waals surface area contributed by atoms with E-state index in [1.165, 1.54) is 33.2 Å². The number of benzene rings is 2. The van der Waals surface area contributed by atoms with Gasteiger partial charge in [-0.2, -0.15) is 0 Å². The van der Waals surface area contributed by atoms with E-state index in [0.717, 1.165) is 6.42 Å². The zero-order chi connectivity index (χ0) is 13.9. The molecule has 1 heterocycles. The molecule has 0 amide bonds. The Morgan fingerprint density at radius 3 is 2.60 bits per heavy atom. The van der Waals surface area contributed by atoms with Gasteiger partial charge in [-0.3, -0.25) is 0 Å². The molecule has 1 aliphatic rings. The van der Waals surface area contributed by atoms with E-state index in [1.807, 2.05) is 6.20 Å². The number of aromatic nitrogens is 1. The van der Waals surface area contributed by atoms with E-state index in [0.29, 0.717) is 0 Å². The summed E-state index contributed by atoms with van der Waals surface area (Å²) in [6.07, 6.45) is 7.49. The molecule has 0 spiro atoms. The molecule has 0 atom stereocenters. The number of nitrogens with one attached hydrogen (secondary N) is 1. The summed E-state index contributed by atoms with van der Waals surface area (Å²) in [5.74, 6) is 0. The van der Waals surface area contributed by atoms with Gasteiger partial charge in [0.15, 0.2) is 0 Å². The molecule has 0 bridgehead atoms. The third-order valence-electron chi connectivity index (χ3n) is 3.65. The molecule has 0 saturated carbocycles. The predicted octanol–water partition coefficient (Wildman–Crippen LogP) is 5.04. The van der Waals surface area contributed by atoms with Crippen molar-refractivity contribution in [2.24, 2.45) is 0 Å². The van der Waals surface area contributed by atoms with Crippen molar-refractivity contribution in [3.05, 3.63) is 77.0 Å². The molecule has 0 unspecified atom stereocenters. The number of H-pyrrole nitrogens is 1. The van der Waals surface area contributed by atoms with E-state index in [2.05, 4.69) is 73.4 Å². The summed E-state index contributed by atoms with van der Waals surface area (Å²) in [6.45, 7) is 4.23. The van der Waals surface area contributed by atoms with Gasteiger partial charge in [-0.25, -0.2) is 0 Å². The van der Waals surface area contributed by atoms with Gasteiger partial charge in [0.1, 0.15) is 0 Å². The van der Waals surface area contributed by atoms with Crippen molar-refractivity contribution < 1.29 is 0 Å². The van der Waals surface area contributed by atoms with Crippen LogP contribution in [0.15, 0.2) is 54.7 Å². The third-order valence-corrected chi connectivity index (χ3v) is 3.65. The van der Waals surface area contributed by atoms with Gasteiger partial charge in [-0.05, 0) is 54.5 Å². The average Bonchev–Trinajstić information content (AvgIpc) is 3.06. The maximum absolute atomic E-state index is 3.16. The SMILES string of the molecule is Cc1ccc2c(c1)C=CC2.Cc1ccc2cc[nH]c2c1. The molecule has 1 heteroatoms. The summed E-state index contributed by atoms with van der Waals surface area (Å²) in [5.41, 5.74) is 6.74. The Labute approximate surface area is 120 Å². The van der Waals surface area contributed by atoms with Crippen LogP contribution in [0.1, 0.15) is 22.3 Å². The zero-order valence-corrected chi connectivity index (χ0v) is 12.0.